The molecule has 0 bridgehead atoms. The predicted octanol–water partition coefficient (Wildman–Crippen LogP) is 3.57. The Balaban J connectivity index is 1.75. The zero-order valence-electron chi connectivity index (χ0n) is 12.1. The normalized spacial score (nSPS) is 14.9. The van der Waals surface area contributed by atoms with Gasteiger partial charge in [-0.2, -0.15) is 0 Å². The van der Waals surface area contributed by atoms with E-state index >= 15 is 0 Å². The minimum atomic E-state index is -0.814. The Kier molecular flexibility index (Phi) is 4.08. The van der Waals surface area contributed by atoms with E-state index in [9.17, 15) is 9.90 Å². The van der Waals surface area contributed by atoms with Crippen molar-refractivity contribution < 1.29 is 9.90 Å². The quantitative estimate of drug-likeness (QED) is 0.938. The number of benzene rings is 1. The van der Waals surface area contributed by atoms with Gasteiger partial charge in [-0.1, -0.05) is 19.1 Å². The fourth-order valence-electron chi connectivity index (χ4n) is 2.92. The van der Waals surface area contributed by atoms with Crippen molar-refractivity contribution in [1.29, 1.82) is 0 Å². The summed E-state index contributed by atoms with van der Waals surface area (Å²) in [6.45, 7) is 4.91. The molecule has 0 atom stereocenters. The highest BCUT2D eigenvalue weighted by molar-refractivity contribution is 7.11. The summed E-state index contributed by atoms with van der Waals surface area (Å²) in [7, 11) is 0. The van der Waals surface area contributed by atoms with E-state index in [0.29, 0.717) is 5.56 Å². The first-order valence-electron chi connectivity index (χ1n) is 7.31. The Hall–Kier alpha value is -1.65. The van der Waals surface area contributed by atoms with Gasteiger partial charge in [0.05, 0.1) is 5.56 Å². The second kappa shape index (κ2) is 6.00. The third-order valence-corrected chi connectivity index (χ3v) is 5.23. The maximum absolute atomic E-state index is 11.3. The van der Waals surface area contributed by atoms with Gasteiger partial charge in [0, 0.05) is 29.4 Å². The van der Waals surface area contributed by atoms with Crippen molar-refractivity contribution >= 4 is 17.3 Å². The lowest BCUT2D eigenvalue weighted by molar-refractivity contribution is 0.0694. The van der Waals surface area contributed by atoms with Crippen molar-refractivity contribution in [3.05, 3.63) is 56.8 Å². The highest BCUT2D eigenvalue weighted by atomic mass is 32.1. The summed E-state index contributed by atoms with van der Waals surface area (Å²) in [5, 5.41) is 9.26. The number of fused-ring (bicyclic) bond motifs is 1. The summed E-state index contributed by atoms with van der Waals surface area (Å²) in [6.07, 6.45) is 1.92. The van der Waals surface area contributed by atoms with Crippen molar-refractivity contribution in [1.82, 2.24) is 4.90 Å². The van der Waals surface area contributed by atoms with Crippen LogP contribution in [0.1, 0.15) is 38.2 Å². The predicted molar refractivity (Wildman–Crippen MR) is 84.9 cm³/mol. The molecular formula is C17H19NO2S. The lowest BCUT2D eigenvalue weighted by Gasteiger charge is -2.29. The molecule has 0 unspecified atom stereocenters. The molecular weight excluding hydrogens is 282 g/mol. The molecule has 0 radical (unpaired) electrons. The average Bonchev–Trinajstić information content (AvgIpc) is 2.94. The average molecular weight is 301 g/mol. The molecule has 1 aromatic carbocycles. The highest BCUT2D eigenvalue weighted by Crippen LogP contribution is 2.25. The molecule has 1 aromatic heterocycles. The third-order valence-electron chi connectivity index (χ3n) is 4.02. The van der Waals surface area contributed by atoms with E-state index < -0.39 is 5.97 Å². The molecule has 1 N–H and O–H groups in total. The molecule has 2 heterocycles. The number of thiophene rings is 1. The molecule has 0 fully saturated rings. The lowest BCUT2D eigenvalue weighted by atomic mass is 9.94. The second-order valence-electron chi connectivity index (χ2n) is 5.43. The molecule has 0 saturated carbocycles. The van der Waals surface area contributed by atoms with Crippen LogP contribution in [0.2, 0.25) is 0 Å². The standard InChI is InChI=1S/C17H19NO2S/c1-2-13-6-7-14(21-13)11-18-9-8-15-12(10-18)4-3-5-16(15)17(19)20/h3-7H,2,8-11H2,1H3,(H,19,20). The SMILES string of the molecule is CCc1ccc(CN2CCc3c(cccc3C(=O)O)C2)s1. The molecule has 3 rings (SSSR count). The number of hydrogen-bond donors (Lipinski definition) is 1. The Morgan fingerprint density at radius 2 is 2.10 bits per heavy atom. The minimum absolute atomic E-state index is 0.469. The van der Waals surface area contributed by atoms with Gasteiger partial charge in [-0.15, -0.1) is 11.3 Å². The number of hydrogen-bond acceptors (Lipinski definition) is 3. The number of carbonyl (C=O) groups is 1. The first-order chi connectivity index (χ1) is 10.2. The number of carboxylic acid groups (broad SMARTS) is 1. The van der Waals surface area contributed by atoms with Crippen LogP contribution in [0, 0.1) is 0 Å². The van der Waals surface area contributed by atoms with Crippen LogP contribution in [0.4, 0.5) is 0 Å². The maximum atomic E-state index is 11.3. The molecule has 0 amide bonds. The first-order valence-corrected chi connectivity index (χ1v) is 8.13. The smallest absolute Gasteiger partial charge is 0.335 e. The van der Waals surface area contributed by atoms with Crippen molar-refractivity contribution in [2.75, 3.05) is 6.54 Å². The summed E-state index contributed by atoms with van der Waals surface area (Å²) in [5.74, 6) is -0.814. The first kappa shape index (κ1) is 14.3. The van der Waals surface area contributed by atoms with E-state index in [1.165, 1.54) is 9.75 Å². The Morgan fingerprint density at radius 3 is 2.81 bits per heavy atom. The van der Waals surface area contributed by atoms with E-state index in [1.807, 2.05) is 17.4 Å². The topological polar surface area (TPSA) is 40.5 Å². The van der Waals surface area contributed by atoms with Crippen LogP contribution in [0.5, 0.6) is 0 Å². The molecule has 4 heteroatoms. The van der Waals surface area contributed by atoms with Crippen LogP contribution in [0.3, 0.4) is 0 Å². The van der Waals surface area contributed by atoms with Crippen LogP contribution in [-0.2, 0) is 25.9 Å². The van der Waals surface area contributed by atoms with Crippen LogP contribution in [0.25, 0.3) is 0 Å². The number of aryl methyl sites for hydroxylation is 1. The zero-order chi connectivity index (χ0) is 14.8. The van der Waals surface area contributed by atoms with Crippen molar-refractivity contribution in [3.63, 3.8) is 0 Å². The van der Waals surface area contributed by atoms with Gasteiger partial charge in [0.1, 0.15) is 0 Å². The largest absolute Gasteiger partial charge is 0.478 e. The van der Waals surface area contributed by atoms with E-state index in [-0.39, 0.29) is 0 Å². The molecule has 1 aliphatic rings. The van der Waals surface area contributed by atoms with Crippen LogP contribution < -0.4 is 0 Å². The van der Waals surface area contributed by atoms with Crippen LogP contribution >= 0.6 is 11.3 Å². The second-order valence-corrected chi connectivity index (χ2v) is 6.68. The van der Waals surface area contributed by atoms with Crippen molar-refractivity contribution in [2.45, 2.75) is 32.9 Å². The van der Waals surface area contributed by atoms with Gasteiger partial charge >= 0.3 is 5.97 Å². The third kappa shape index (κ3) is 3.01. The Labute approximate surface area is 128 Å². The van der Waals surface area contributed by atoms with Crippen molar-refractivity contribution in [3.8, 4) is 0 Å². The number of nitrogens with zero attached hydrogens (tertiary/aromatic N) is 1. The van der Waals surface area contributed by atoms with Crippen molar-refractivity contribution in [2.24, 2.45) is 0 Å². The van der Waals surface area contributed by atoms with Gasteiger partial charge in [0.25, 0.3) is 0 Å². The number of aromatic carboxylic acids is 1. The van der Waals surface area contributed by atoms with Gasteiger partial charge in [0.2, 0.25) is 0 Å². The number of rotatable bonds is 4. The van der Waals surface area contributed by atoms with Gasteiger partial charge in [-0.25, -0.2) is 4.79 Å². The fourth-order valence-corrected chi connectivity index (χ4v) is 3.92. The molecule has 21 heavy (non-hydrogen) atoms. The summed E-state index contributed by atoms with van der Waals surface area (Å²) in [4.78, 5) is 16.5. The Bertz CT molecular complexity index is 663. The van der Waals surface area contributed by atoms with E-state index in [2.05, 4.69) is 30.0 Å². The van der Waals surface area contributed by atoms with E-state index in [4.69, 9.17) is 0 Å². The van der Waals surface area contributed by atoms with Gasteiger partial charge < -0.3 is 5.11 Å². The van der Waals surface area contributed by atoms with Crippen LogP contribution in [-0.4, -0.2) is 22.5 Å². The molecule has 3 nitrogen and oxygen atoms in total. The monoisotopic (exact) mass is 301 g/mol. The molecule has 0 saturated heterocycles. The molecule has 0 aliphatic carbocycles. The summed E-state index contributed by atoms with van der Waals surface area (Å²) in [5.41, 5.74) is 2.65. The lowest BCUT2D eigenvalue weighted by Crippen LogP contribution is -2.30. The Morgan fingerprint density at radius 1 is 1.29 bits per heavy atom. The molecule has 0 spiro atoms. The maximum Gasteiger partial charge on any atom is 0.335 e. The summed E-state index contributed by atoms with van der Waals surface area (Å²) < 4.78 is 0. The number of carboxylic acids is 1. The summed E-state index contributed by atoms with van der Waals surface area (Å²) in [6, 6.07) is 10.0. The molecule has 110 valence electrons. The van der Waals surface area contributed by atoms with Gasteiger partial charge in [-0.05, 0) is 42.2 Å². The summed E-state index contributed by atoms with van der Waals surface area (Å²) >= 11 is 1.88. The van der Waals surface area contributed by atoms with E-state index in [0.717, 1.165) is 43.6 Å². The molecule has 2 aromatic rings. The molecule has 1 aliphatic heterocycles. The van der Waals surface area contributed by atoms with Gasteiger partial charge in [-0.3, -0.25) is 4.90 Å². The minimum Gasteiger partial charge on any atom is -0.478 e. The van der Waals surface area contributed by atoms with Crippen LogP contribution in [0.15, 0.2) is 30.3 Å². The zero-order valence-corrected chi connectivity index (χ0v) is 12.9. The highest BCUT2D eigenvalue weighted by Gasteiger charge is 2.21. The van der Waals surface area contributed by atoms with Gasteiger partial charge in [0.15, 0.2) is 0 Å². The van der Waals surface area contributed by atoms with E-state index in [1.54, 1.807) is 6.07 Å². The fraction of sp³-hybridized carbons (Fsp3) is 0.353.